The van der Waals surface area contributed by atoms with Crippen molar-refractivity contribution in [3.8, 4) is 0 Å². The second-order valence-corrected chi connectivity index (χ2v) is 8.19. The molecular weight excluding hydrogens is 377 g/mol. The van der Waals surface area contributed by atoms with E-state index in [2.05, 4.69) is 20.7 Å². The van der Waals surface area contributed by atoms with Crippen LogP contribution in [0, 0.1) is 5.82 Å². The Kier molecular flexibility index (Phi) is 4.62. The highest BCUT2D eigenvalue weighted by Gasteiger charge is 2.16. The molecule has 0 fully saturated rings. The molecule has 0 aliphatic carbocycles. The van der Waals surface area contributed by atoms with Crippen LogP contribution < -0.4 is 4.72 Å². The highest BCUT2D eigenvalue weighted by atomic mass is 79.9. The first kappa shape index (κ1) is 14.9. The average Bonchev–Trinajstić information content (AvgIpc) is 2.78. The van der Waals surface area contributed by atoms with Crippen molar-refractivity contribution in [2.24, 2.45) is 0 Å². The Morgan fingerprint density at radius 2 is 2.05 bits per heavy atom. The predicted molar refractivity (Wildman–Crippen MR) is 77.5 cm³/mol. The second-order valence-electron chi connectivity index (χ2n) is 3.63. The lowest BCUT2D eigenvalue weighted by Gasteiger charge is -2.05. The van der Waals surface area contributed by atoms with Crippen molar-refractivity contribution < 1.29 is 12.8 Å². The molecule has 0 bridgehead atoms. The Balaban J connectivity index is 2.11. The molecule has 0 saturated heterocycles. The minimum absolute atomic E-state index is 0.0801. The Morgan fingerprint density at radius 3 is 2.63 bits per heavy atom. The normalized spacial score (nSPS) is 11.7. The molecule has 0 atom stereocenters. The number of rotatable bonds is 4. The van der Waals surface area contributed by atoms with E-state index < -0.39 is 15.8 Å². The molecule has 1 aromatic heterocycles. The van der Waals surface area contributed by atoms with Gasteiger partial charge in [0.2, 0.25) is 10.0 Å². The summed E-state index contributed by atoms with van der Waals surface area (Å²) < 4.78 is 40.2. The van der Waals surface area contributed by atoms with E-state index in [9.17, 15) is 12.8 Å². The molecule has 1 heterocycles. The monoisotopic (exact) mass is 383 g/mol. The third kappa shape index (κ3) is 3.76. The molecule has 3 nitrogen and oxygen atoms in total. The van der Waals surface area contributed by atoms with Gasteiger partial charge in [-0.3, -0.25) is 0 Å². The molecule has 0 spiro atoms. The van der Waals surface area contributed by atoms with E-state index in [1.807, 2.05) is 0 Å². The molecule has 102 valence electrons. The lowest BCUT2D eigenvalue weighted by Crippen LogP contribution is -2.22. The maximum atomic E-state index is 13.0. The van der Waals surface area contributed by atoms with Crippen molar-refractivity contribution >= 4 is 48.9 Å². The van der Waals surface area contributed by atoms with Crippen LogP contribution in [-0.2, 0) is 16.6 Å². The summed E-state index contributed by atoms with van der Waals surface area (Å²) >= 11 is 9.73. The maximum Gasteiger partial charge on any atom is 0.250 e. The predicted octanol–water partition coefficient (Wildman–Crippen LogP) is 3.78. The number of halogens is 3. The maximum absolute atomic E-state index is 13.0. The van der Waals surface area contributed by atoms with Crippen molar-refractivity contribution in [2.75, 3.05) is 0 Å². The number of sulfonamides is 1. The van der Waals surface area contributed by atoms with Crippen LogP contribution in [0.5, 0.6) is 0 Å². The highest BCUT2D eigenvalue weighted by Crippen LogP contribution is 2.25. The van der Waals surface area contributed by atoms with Crippen LogP contribution in [0.2, 0.25) is 4.34 Å². The Morgan fingerprint density at radius 1 is 1.32 bits per heavy atom. The molecule has 19 heavy (non-hydrogen) atoms. The fourth-order valence-electron chi connectivity index (χ4n) is 1.34. The molecule has 2 rings (SSSR count). The number of thiophene rings is 1. The van der Waals surface area contributed by atoms with Gasteiger partial charge in [0, 0.05) is 6.54 Å². The zero-order valence-electron chi connectivity index (χ0n) is 9.36. The first-order valence-corrected chi connectivity index (χ1v) is 8.54. The molecule has 0 aliphatic rings. The van der Waals surface area contributed by atoms with Crippen LogP contribution in [0.3, 0.4) is 0 Å². The lowest BCUT2D eigenvalue weighted by atomic mass is 10.2. The summed E-state index contributed by atoms with van der Waals surface area (Å²) in [5.74, 6) is -0.392. The highest BCUT2D eigenvalue weighted by molar-refractivity contribution is 9.10. The second kappa shape index (κ2) is 5.88. The Hall–Kier alpha value is -0.470. The van der Waals surface area contributed by atoms with E-state index in [-0.39, 0.29) is 10.8 Å². The summed E-state index contributed by atoms with van der Waals surface area (Å²) in [6, 6.07) is 7.28. The first-order chi connectivity index (χ1) is 8.88. The van der Waals surface area contributed by atoms with E-state index in [1.54, 1.807) is 0 Å². The van der Waals surface area contributed by atoms with Crippen molar-refractivity contribution in [1.82, 2.24) is 4.72 Å². The van der Waals surface area contributed by atoms with Gasteiger partial charge in [0.1, 0.15) is 10.0 Å². The van der Waals surface area contributed by atoms with Crippen molar-refractivity contribution in [3.05, 3.63) is 50.5 Å². The molecule has 8 heteroatoms. The summed E-state index contributed by atoms with van der Waals surface area (Å²) in [6.07, 6.45) is 0. The molecule has 0 amide bonds. The van der Waals surface area contributed by atoms with E-state index in [0.29, 0.717) is 14.4 Å². The molecule has 0 unspecified atom stereocenters. The van der Waals surface area contributed by atoms with Crippen molar-refractivity contribution in [1.29, 1.82) is 0 Å². The van der Waals surface area contributed by atoms with Gasteiger partial charge in [0.25, 0.3) is 0 Å². The zero-order chi connectivity index (χ0) is 14.0. The molecule has 0 radical (unpaired) electrons. The van der Waals surface area contributed by atoms with Crippen LogP contribution in [0.15, 0.2) is 39.0 Å². The van der Waals surface area contributed by atoms with Gasteiger partial charge in [0.15, 0.2) is 0 Å². The van der Waals surface area contributed by atoms with E-state index in [1.165, 1.54) is 30.3 Å². The standard InChI is InChI=1S/C11H8BrClFNO2S2/c12-8-5-7(1-2-9(8)14)6-15-19(16,17)11-4-3-10(13)18-11/h1-5,15H,6H2. The number of nitrogens with one attached hydrogen (secondary N) is 1. The summed E-state index contributed by atoms with van der Waals surface area (Å²) in [4.78, 5) is 0. The number of hydrogen-bond donors (Lipinski definition) is 1. The lowest BCUT2D eigenvalue weighted by molar-refractivity contribution is 0.583. The molecule has 2 aromatic rings. The SMILES string of the molecule is O=S(=O)(NCc1ccc(F)c(Br)c1)c1ccc(Cl)s1. The van der Waals surface area contributed by atoms with Crippen LogP contribution in [-0.4, -0.2) is 8.42 Å². The van der Waals surface area contributed by atoms with Gasteiger partial charge in [-0.2, -0.15) is 0 Å². The molecule has 0 aliphatic heterocycles. The summed E-state index contributed by atoms with van der Waals surface area (Å²) in [5.41, 5.74) is 0.652. The number of hydrogen-bond acceptors (Lipinski definition) is 3. The third-order valence-corrected chi connectivity index (χ3v) is 6.00. The summed E-state index contributed by atoms with van der Waals surface area (Å²) in [6.45, 7) is 0.0801. The minimum atomic E-state index is -3.59. The van der Waals surface area contributed by atoms with Crippen LogP contribution >= 0.6 is 38.9 Å². The van der Waals surface area contributed by atoms with Gasteiger partial charge in [-0.15, -0.1) is 11.3 Å². The topological polar surface area (TPSA) is 46.2 Å². The largest absolute Gasteiger partial charge is 0.250 e. The molecular formula is C11H8BrClFNO2S2. The van der Waals surface area contributed by atoms with Crippen molar-refractivity contribution in [3.63, 3.8) is 0 Å². The van der Waals surface area contributed by atoms with Gasteiger partial charge in [-0.1, -0.05) is 17.7 Å². The zero-order valence-corrected chi connectivity index (χ0v) is 13.3. The minimum Gasteiger partial charge on any atom is -0.206 e. The smallest absolute Gasteiger partial charge is 0.206 e. The van der Waals surface area contributed by atoms with E-state index in [0.717, 1.165) is 11.3 Å². The van der Waals surface area contributed by atoms with E-state index >= 15 is 0 Å². The van der Waals surface area contributed by atoms with E-state index in [4.69, 9.17) is 11.6 Å². The van der Waals surface area contributed by atoms with Gasteiger partial charge in [-0.25, -0.2) is 17.5 Å². The van der Waals surface area contributed by atoms with Crippen LogP contribution in [0.1, 0.15) is 5.56 Å². The number of benzene rings is 1. The summed E-state index contributed by atoms with van der Waals surface area (Å²) in [5, 5.41) is 0. The molecule has 0 saturated carbocycles. The first-order valence-electron chi connectivity index (χ1n) is 5.07. The Bertz CT molecular complexity index is 702. The fraction of sp³-hybridized carbons (Fsp3) is 0.0909. The van der Waals surface area contributed by atoms with Gasteiger partial charge < -0.3 is 0 Å². The Labute approximate surface area is 127 Å². The molecule has 1 N–H and O–H groups in total. The average molecular weight is 385 g/mol. The quantitative estimate of drug-likeness (QED) is 0.872. The van der Waals surface area contributed by atoms with Crippen LogP contribution in [0.4, 0.5) is 4.39 Å². The van der Waals surface area contributed by atoms with Crippen molar-refractivity contribution in [2.45, 2.75) is 10.8 Å². The fourth-order valence-corrected chi connectivity index (χ4v) is 4.31. The van der Waals surface area contributed by atoms with Gasteiger partial charge >= 0.3 is 0 Å². The van der Waals surface area contributed by atoms with Gasteiger partial charge in [0.05, 0.1) is 8.81 Å². The third-order valence-electron chi connectivity index (χ3n) is 2.26. The van der Waals surface area contributed by atoms with Crippen LogP contribution in [0.25, 0.3) is 0 Å². The summed E-state index contributed by atoms with van der Waals surface area (Å²) in [7, 11) is -3.59. The molecule has 1 aromatic carbocycles. The van der Waals surface area contributed by atoms with Gasteiger partial charge in [-0.05, 0) is 45.8 Å².